The quantitative estimate of drug-likeness (QED) is 0.752. The van der Waals surface area contributed by atoms with Gasteiger partial charge in [-0.3, -0.25) is 4.79 Å². The van der Waals surface area contributed by atoms with E-state index in [0.29, 0.717) is 11.8 Å². The first-order valence-corrected chi connectivity index (χ1v) is 6.41. The van der Waals surface area contributed by atoms with Gasteiger partial charge in [0, 0.05) is 26.1 Å². The Hall–Kier alpha value is -1.25. The van der Waals surface area contributed by atoms with Crippen LogP contribution in [0.15, 0.2) is 16.5 Å². The lowest BCUT2D eigenvalue weighted by molar-refractivity contribution is 0.0987. The maximum atomic E-state index is 11.2. The van der Waals surface area contributed by atoms with Gasteiger partial charge in [0.2, 0.25) is 0 Å². The fourth-order valence-electron chi connectivity index (χ4n) is 2.64. The van der Waals surface area contributed by atoms with Crippen molar-refractivity contribution in [3.05, 3.63) is 17.9 Å². The molecule has 3 nitrogen and oxygen atoms in total. The van der Waals surface area contributed by atoms with Crippen molar-refractivity contribution in [2.75, 3.05) is 11.9 Å². The van der Waals surface area contributed by atoms with E-state index in [1.807, 2.05) is 6.07 Å². The molecule has 94 valence electrons. The first-order chi connectivity index (χ1) is 8.08. The number of hydrogen-bond acceptors (Lipinski definition) is 3. The standard InChI is InChI=1S/C14H21NO2/c1-10-5-4-6-12(9-10)15(3)14-8-7-13(17-14)11(2)16/h7-8,10,12H,4-6,9H2,1-3H3. The van der Waals surface area contributed by atoms with Gasteiger partial charge in [-0.25, -0.2) is 0 Å². The van der Waals surface area contributed by atoms with Gasteiger partial charge in [-0.1, -0.05) is 19.8 Å². The van der Waals surface area contributed by atoms with Crippen molar-refractivity contribution in [3.63, 3.8) is 0 Å². The van der Waals surface area contributed by atoms with Crippen molar-refractivity contribution in [3.8, 4) is 0 Å². The number of Topliss-reactive ketones (excluding diaryl/α,β-unsaturated/α-hetero) is 1. The van der Waals surface area contributed by atoms with Crippen LogP contribution in [0.2, 0.25) is 0 Å². The zero-order valence-electron chi connectivity index (χ0n) is 10.9. The number of furan rings is 1. The van der Waals surface area contributed by atoms with Crippen LogP contribution >= 0.6 is 0 Å². The molecule has 1 fully saturated rings. The van der Waals surface area contributed by atoms with Gasteiger partial charge in [0.25, 0.3) is 0 Å². The van der Waals surface area contributed by atoms with Gasteiger partial charge in [-0.15, -0.1) is 0 Å². The fourth-order valence-corrected chi connectivity index (χ4v) is 2.64. The minimum atomic E-state index is -0.0123. The molecule has 2 unspecified atom stereocenters. The molecule has 2 atom stereocenters. The molecule has 0 amide bonds. The van der Waals surface area contributed by atoms with Crippen molar-refractivity contribution >= 4 is 11.7 Å². The van der Waals surface area contributed by atoms with Crippen LogP contribution in [-0.2, 0) is 0 Å². The molecule has 1 aromatic heterocycles. The molecule has 3 heteroatoms. The van der Waals surface area contributed by atoms with Gasteiger partial charge in [-0.05, 0) is 24.8 Å². The number of nitrogens with zero attached hydrogens (tertiary/aromatic N) is 1. The second-order valence-electron chi connectivity index (χ2n) is 5.23. The Balaban J connectivity index is 2.07. The third-order valence-electron chi connectivity index (χ3n) is 3.74. The molecule has 1 saturated carbocycles. The summed E-state index contributed by atoms with van der Waals surface area (Å²) in [6.07, 6.45) is 5.06. The Morgan fingerprint density at radius 1 is 1.41 bits per heavy atom. The van der Waals surface area contributed by atoms with E-state index in [4.69, 9.17) is 4.42 Å². The highest BCUT2D eigenvalue weighted by Gasteiger charge is 2.24. The molecule has 0 aliphatic heterocycles. The maximum Gasteiger partial charge on any atom is 0.196 e. The number of ketones is 1. The van der Waals surface area contributed by atoms with E-state index in [1.165, 1.54) is 32.6 Å². The Morgan fingerprint density at radius 3 is 2.76 bits per heavy atom. The van der Waals surface area contributed by atoms with E-state index in [9.17, 15) is 4.79 Å². The molecule has 1 aliphatic rings. The monoisotopic (exact) mass is 235 g/mol. The molecular weight excluding hydrogens is 214 g/mol. The summed E-state index contributed by atoms with van der Waals surface area (Å²) in [4.78, 5) is 13.4. The molecule has 2 rings (SSSR count). The maximum absolute atomic E-state index is 11.2. The minimum Gasteiger partial charge on any atom is -0.437 e. The third kappa shape index (κ3) is 2.71. The van der Waals surface area contributed by atoms with E-state index in [2.05, 4.69) is 18.9 Å². The van der Waals surface area contributed by atoms with Gasteiger partial charge in [0.1, 0.15) is 0 Å². The minimum absolute atomic E-state index is 0.0123. The van der Waals surface area contributed by atoms with E-state index in [-0.39, 0.29) is 5.78 Å². The predicted octanol–water partition coefficient (Wildman–Crippen LogP) is 3.50. The lowest BCUT2D eigenvalue weighted by Crippen LogP contribution is -2.35. The molecular formula is C14H21NO2. The summed E-state index contributed by atoms with van der Waals surface area (Å²) >= 11 is 0. The molecule has 1 heterocycles. The van der Waals surface area contributed by atoms with Crippen molar-refractivity contribution < 1.29 is 9.21 Å². The molecule has 0 aromatic carbocycles. The van der Waals surface area contributed by atoms with Gasteiger partial charge in [-0.2, -0.15) is 0 Å². The third-order valence-corrected chi connectivity index (χ3v) is 3.74. The van der Waals surface area contributed by atoms with Crippen LogP contribution in [0, 0.1) is 5.92 Å². The van der Waals surface area contributed by atoms with Crippen molar-refractivity contribution in [2.45, 2.75) is 45.6 Å². The van der Waals surface area contributed by atoms with Crippen molar-refractivity contribution in [1.29, 1.82) is 0 Å². The average molecular weight is 235 g/mol. The highest BCUT2D eigenvalue weighted by atomic mass is 16.4. The lowest BCUT2D eigenvalue weighted by Gasteiger charge is -2.33. The first kappa shape index (κ1) is 12.2. The summed E-state index contributed by atoms with van der Waals surface area (Å²) < 4.78 is 5.57. The van der Waals surface area contributed by atoms with Gasteiger partial charge in [0.05, 0.1) is 0 Å². The van der Waals surface area contributed by atoms with Gasteiger partial charge < -0.3 is 9.32 Å². The van der Waals surface area contributed by atoms with Crippen molar-refractivity contribution in [2.24, 2.45) is 5.92 Å². The van der Waals surface area contributed by atoms with E-state index >= 15 is 0 Å². The zero-order chi connectivity index (χ0) is 12.4. The van der Waals surface area contributed by atoms with Crippen LogP contribution in [0.25, 0.3) is 0 Å². The van der Waals surface area contributed by atoms with E-state index < -0.39 is 0 Å². The summed E-state index contributed by atoms with van der Waals surface area (Å²) in [5.74, 6) is 2.05. The summed E-state index contributed by atoms with van der Waals surface area (Å²) in [5, 5.41) is 0. The second kappa shape index (κ2) is 4.94. The lowest BCUT2D eigenvalue weighted by atomic mass is 9.86. The molecule has 1 aliphatic carbocycles. The molecule has 17 heavy (non-hydrogen) atoms. The largest absolute Gasteiger partial charge is 0.437 e. The molecule has 0 N–H and O–H groups in total. The summed E-state index contributed by atoms with van der Waals surface area (Å²) in [7, 11) is 2.06. The molecule has 0 bridgehead atoms. The molecule has 0 spiro atoms. The summed E-state index contributed by atoms with van der Waals surface area (Å²) in [6.45, 7) is 3.84. The normalized spacial score (nSPS) is 24.6. The number of anilines is 1. The SMILES string of the molecule is CC(=O)c1ccc(N(C)C2CCCC(C)C2)o1. The van der Waals surface area contributed by atoms with Crippen molar-refractivity contribution in [1.82, 2.24) is 0 Å². The smallest absolute Gasteiger partial charge is 0.196 e. The highest BCUT2D eigenvalue weighted by molar-refractivity contribution is 5.91. The molecule has 1 aromatic rings. The van der Waals surface area contributed by atoms with Crippen LogP contribution in [0.1, 0.15) is 50.1 Å². The first-order valence-electron chi connectivity index (χ1n) is 6.41. The van der Waals surface area contributed by atoms with Crippen LogP contribution in [0.5, 0.6) is 0 Å². The van der Waals surface area contributed by atoms with Crippen LogP contribution in [0.3, 0.4) is 0 Å². The Labute approximate surface area is 103 Å². The topological polar surface area (TPSA) is 33.5 Å². The summed E-state index contributed by atoms with van der Waals surface area (Å²) in [5.41, 5.74) is 0. The Kier molecular flexibility index (Phi) is 3.55. The fraction of sp³-hybridized carbons (Fsp3) is 0.643. The van der Waals surface area contributed by atoms with Crippen LogP contribution in [0.4, 0.5) is 5.88 Å². The van der Waals surface area contributed by atoms with E-state index in [1.54, 1.807) is 6.07 Å². The van der Waals surface area contributed by atoms with Crippen LogP contribution < -0.4 is 4.90 Å². The average Bonchev–Trinajstić information content (AvgIpc) is 2.77. The molecule has 0 saturated heterocycles. The van der Waals surface area contributed by atoms with Crippen LogP contribution in [-0.4, -0.2) is 18.9 Å². The number of hydrogen-bond donors (Lipinski definition) is 0. The second-order valence-corrected chi connectivity index (χ2v) is 5.23. The number of carbonyl (C=O) groups is 1. The predicted molar refractivity (Wildman–Crippen MR) is 68.5 cm³/mol. The Bertz CT molecular complexity index is 397. The highest BCUT2D eigenvalue weighted by Crippen LogP contribution is 2.30. The summed E-state index contributed by atoms with van der Waals surface area (Å²) in [6, 6.07) is 4.21. The number of rotatable bonds is 3. The van der Waals surface area contributed by atoms with Gasteiger partial charge in [0.15, 0.2) is 17.4 Å². The van der Waals surface area contributed by atoms with Gasteiger partial charge >= 0.3 is 0 Å². The Morgan fingerprint density at radius 2 is 2.18 bits per heavy atom. The molecule has 0 radical (unpaired) electrons. The number of carbonyl (C=O) groups excluding carboxylic acids is 1. The van der Waals surface area contributed by atoms with E-state index in [0.717, 1.165) is 11.8 Å². The zero-order valence-corrected chi connectivity index (χ0v) is 10.9.